The maximum atomic E-state index is 9.56. The summed E-state index contributed by atoms with van der Waals surface area (Å²) in [6, 6.07) is 11.1. The zero-order chi connectivity index (χ0) is 12.8. The van der Waals surface area contributed by atoms with Crippen molar-refractivity contribution in [3.8, 4) is 0 Å². The van der Waals surface area contributed by atoms with Crippen LogP contribution in [-0.4, -0.2) is 33.4 Å². The van der Waals surface area contributed by atoms with Crippen LogP contribution in [0.25, 0.3) is 0 Å². The topological polar surface area (TPSA) is 66.2 Å². The zero-order valence-electron chi connectivity index (χ0n) is 9.98. The average Bonchev–Trinajstić information content (AvgIpc) is 2.46. The predicted molar refractivity (Wildman–Crippen MR) is 68.1 cm³/mol. The van der Waals surface area contributed by atoms with E-state index in [9.17, 15) is 10.2 Å². The van der Waals surface area contributed by atoms with Crippen molar-refractivity contribution in [3.63, 3.8) is 0 Å². The minimum Gasteiger partial charge on any atom is -0.396 e. The van der Waals surface area contributed by atoms with Gasteiger partial charge in [-0.25, -0.2) is 0 Å². The molecule has 18 heavy (non-hydrogen) atoms. The van der Waals surface area contributed by atoms with Gasteiger partial charge in [0.2, 0.25) is 0 Å². The van der Waals surface area contributed by atoms with Crippen molar-refractivity contribution in [1.29, 1.82) is 0 Å². The molecule has 4 heteroatoms. The molecular weight excluding hydrogens is 228 g/mol. The molecule has 4 nitrogen and oxygen atoms in total. The lowest BCUT2D eigenvalue weighted by Crippen LogP contribution is -2.20. The molecule has 2 aromatic rings. The number of aliphatic hydroxyl groups excluding tert-OH is 2. The fourth-order valence-electron chi connectivity index (χ4n) is 2.04. The summed E-state index contributed by atoms with van der Waals surface area (Å²) in [4.78, 5) is 8.49. The molecule has 0 radical (unpaired) electrons. The summed E-state index contributed by atoms with van der Waals surface area (Å²) in [6.45, 7) is -0.141. The van der Waals surface area contributed by atoms with Crippen LogP contribution in [0.5, 0.6) is 0 Å². The molecule has 0 spiro atoms. The summed E-state index contributed by atoms with van der Waals surface area (Å²) in [5.74, 6) is -0.489. The van der Waals surface area contributed by atoms with Crippen molar-refractivity contribution >= 4 is 0 Å². The molecule has 0 bridgehead atoms. The first-order chi connectivity index (χ1) is 8.86. The van der Waals surface area contributed by atoms with E-state index < -0.39 is 0 Å². The van der Waals surface area contributed by atoms with Gasteiger partial charge in [-0.1, -0.05) is 12.1 Å². The minimum atomic E-state index is -0.244. The number of rotatable bonds is 5. The number of pyridine rings is 2. The van der Waals surface area contributed by atoms with Crippen molar-refractivity contribution in [2.75, 3.05) is 13.2 Å². The van der Waals surface area contributed by atoms with Crippen molar-refractivity contribution in [3.05, 3.63) is 60.2 Å². The SMILES string of the molecule is OCC(c1ccccn1)C(CO)c1ccccn1. The Morgan fingerprint density at radius 2 is 1.22 bits per heavy atom. The van der Waals surface area contributed by atoms with Gasteiger partial charge in [-0.3, -0.25) is 9.97 Å². The fourth-order valence-corrected chi connectivity index (χ4v) is 2.04. The lowest BCUT2D eigenvalue weighted by Gasteiger charge is -2.22. The highest BCUT2D eigenvalue weighted by Gasteiger charge is 2.25. The second kappa shape index (κ2) is 6.23. The zero-order valence-corrected chi connectivity index (χ0v) is 9.98. The first kappa shape index (κ1) is 12.7. The van der Waals surface area contributed by atoms with E-state index in [0.29, 0.717) is 0 Å². The summed E-state index contributed by atoms with van der Waals surface area (Å²) in [5.41, 5.74) is 1.54. The molecule has 2 atom stereocenters. The molecule has 0 saturated heterocycles. The van der Waals surface area contributed by atoms with Gasteiger partial charge in [-0.05, 0) is 24.3 Å². The third-order valence-electron chi connectivity index (χ3n) is 3.01. The molecule has 2 aromatic heterocycles. The van der Waals surface area contributed by atoms with Crippen molar-refractivity contribution < 1.29 is 10.2 Å². The number of aromatic nitrogens is 2. The average molecular weight is 244 g/mol. The molecule has 0 aromatic carbocycles. The van der Waals surface area contributed by atoms with Crippen LogP contribution in [-0.2, 0) is 0 Å². The summed E-state index contributed by atoms with van der Waals surface area (Å²) >= 11 is 0. The molecule has 0 saturated carbocycles. The van der Waals surface area contributed by atoms with Crippen LogP contribution in [0.4, 0.5) is 0 Å². The van der Waals surface area contributed by atoms with Crippen LogP contribution in [0.1, 0.15) is 23.2 Å². The van der Waals surface area contributed by atoms with Gasteiger partial charge < -0.3 is 10.2 Å². The maximum absolute atomic E-state index is 9.56. The highest BCUT2D eigenvalue weighted by Crippen LogP contribution is 2.29. The summed E-state index contributed by atoms with van der Waals surface area (Å²) < 4.78 is 0. The molecule has 0 aliphatic rings. The Morgan fingerprint density at radius 3 is 1.50 bits per heavy atom. The minimum absolute atomic E-state index is 0.0706. The molecule has 2 N–H and O–H groups in total. The Hall–Kier alpha value is -1.78. The van der Waals surface area contributed by atoms with Gasteiger partial charge >= 0.3 is 0 Å². The Morgan fingerprint density at radius 1 is 0.778 bits per heavy atom. The van der Waals surface area contributed by atoms with E-state index in [-0.39, 0.29) is 25.0 Å². The lowest BCUT2D eigenvalue weighted by atomic mass is 9.87. The molecule has 0 aliphatic heterocycles. The largest absolute Gasteiger partial charge is 0.396 e. The second-order valence-electron chi connectivity index (χ2n) is 4.09. The van der Waals surface area contributed by atoms with Crippen LogP contribution in [0.3, 0.4) is 0 Å². The first-order valence-corrected chi connectivity index (χ1v) is 5.90. The number of nitrogens with zero attached hydrogens (tertiary/aromatic N) is 2. The fraction of sp³-hybridized carbons (Fsp3) is 0.286. The van der Waals surface area contributed by atoms with Crippen molar-refractivity contribution in [2.45, 2.75) is 11.8 Å². The van der Waals surface area contributed by atoms with E-state index in [1.807, 2.05) is 36.4 Å². The standard InChI is InChI=1S/C14H16N2O2/c17-9-11(13-5-1-3-7-15-13)12(10-18)14-6-2-4-8-16-14/h1-8,11-12,17-18H,9-10H2. The molecule has 2 unspecified atom stereocenters. The summed E-state index contributed by atoms with van der Waals surface area (Å²) in [6.07, 6.45) is 3.37. The molecule has 94 valence electrons. The Labute approximate surface area is 106 Å². The normalized spacial score (nSPS) is 14.1. The van der Waals surface area contributed by atoms with Gasteiger partial charge in [0.25, 0.3) is 0 Å². The van der Waals surface area contributed by atoms with Crippen LogP contribution >= 0.6 is 0 Å². The van der Waals surface area contributed by atoms with Gasteiger partial charge in [0.05, 0.1) is 13.2 Å². The molecular formula is C14H16N2O2. The predicted octanol–water partition coefficient (Wildman–Crippen LogP) is 1.33. The third kappa shape index (κ3) is 2.72. The number of hydrogen-bond acceptors (Lipinski definition) is 4. The van der Waals surface area contributed by atoms with Gasteiger partial charge in [0.15, 0.2) is 0 Å². The van der Waals surface area contributed by atoms with Crippen LogP contribution in [0, 0.1) is 0 Å². The van der Waals surface area contributed by atoms with E-state index in [2.05, 4.69) is 9.97 Å². The lowest BCUT2D eigenvalue weighted by molar-refractivity contribution is 0.192. The summed E-state index contributed by atoms with van der Waals surface area (Å²) in [7, 11) is 0. The van der Waals surface area contributed by atoms with E-state index >= 15 is 0 Å². The number of aliphatic hydroxyl groups is 2. The van der Waals surface area contributed by atoms with Crippen molar-refractivity contribution in [1.82, 2.24) is 9.97 Å². The Balaban J connectivity index is 2.31. The maximum Gasteiger partial charge on any atom is 0.0522 e. The van der Waals surface area contributed by atoms with Gasteiger partial charge in [0.1, 0.15) is 0 Å². The molecule has 0 amide bonds. The Bertz CT molecular complexity index is 416. The molecule has 2 rings (SSSR count). The van der Waals surface area contributed by atoms with E-state index in [1.165, 1.54) is 0 Å². The Kier molecular flexibility index (Phi) is 4.39. The van der Waals surface area contributed by atoms with Gasteiger partial charge in [-0.15, -0.1) is 0 Å². The van der Waals surface area contributed by atoms with Gasteiger partial charge in [-0.2, -0.15) is 0 Å². The van der Waals surface area contributed by atoms with Crippen LogP contribution in [0.2, 0.25) is 0 Å². The van der Waals surface area contributed by atoms with E-state index in [0.717, 1.165) is 11.4 Å². The summed E-state index contributed by atoms with van der Waals surface area (Å²) in [5, 5.41) is 19.1. The highest BCUT2D eigenvalue weighted by molar-refractivity contribution is 5.20. The molecule has 2 heterocycles. The smallest absolute Gasteiger partial charge is 0.0522 e. The van der Waals surface area contributed by atoms with Crippen LogP contribution < -0.4 is 0 Å². The van der Waals surface area contributed by atoms with E-state index in [4.69, 9.17) is 0 Å². The second-order valence-corrected chi connectivity index (χ2v) is 4.09. The van der Waals surface area contributed by atoms with Crippen LogP contribution in [0.15, 0.2) is 48.8 Å². The number of hydrogen-bond donors (Lipinski definition) is 2. The van der Waals surface area contributed by atoms with E-state index in [1.54, 1.807) is 12.4 Å². The molecule has 0 fully saturated rings. The van der Waals surface area contributed by atoms with Crippen molar-refractivity contribution in [2.24, 2.45) is 0 Å². The quantitative estimate of drug-likeness (QED) is 0.832. The monoisotopic (exact) mass is 244 g/mol. The highest BCUT2D eigenvalue weighted by atomic mass is 16.3. The van der Waals surface area contributed by atoms with Gasteiger partial charge in [0, 0.05) is 35.6 Å². The first-order valence-electron chi connectivity index (χ1n) is 5.90. The third-order valence-corrected chi connectivity index (χ3v) is 3.01. The molecule has 0 aliphatic carbocycles.